The largest absolute Gasteiger partial charge is 0.462 e. The van der Waals surface area contributed by atoms with Crippen molar-refractivity contribution in [3.63, 3.8) is 0 Å². The maximum atomic E-state index is 16.1. The molecule has 2 unspecified atom stereocenters. The number of aliphatic hydroxyl groups excluding tert-OH is 1. The van der Waals surface area contributed by atoms with Crippen molar-refractivity contribution in [1.29, 1.82) is 0 Å². The van der Waals surface area contributed by atoms with Crippen molar-refractivity contribution in [2.45, 2.75) is 80.4 Å². The molecule has 1 aromatic heterocycles. The van der Waals surface area contributed by atoms with Gasteiger partial charge in [0, 0.05) is 12.3 Å². The van der Waals surface area contributed by atoms with Crippen LogP contribution >= 0.6 is 43.0 Å². The summed E-state index contributed by atoms with van der Waals surface area (Å²) < 4.78 is 56.6. The zero-order valence-electron chi connectivity index (χ0n) is 26.5. The smallest absolute Gasteiger partial charge is 0.459 e. The topological polar surface area (TPSA) is 203 Å². The number of carbonyl (C=O) groups excluding carboxylic acids is 3. The van der Waals surface area contributed by atoms with Crippen LogP contribution in [0.2, 0.25) is 0 Å². The van der Waals surface area contributed by atoms with E-state index in [1.165, 1.54) is 48.6 Å². The number of aliphatic hydroxyl groups is 1. The molecular weight excluding hydrogens is 793 g/mol. The Labute approximate surface area is 293 Å². The van der Waals surface area contributed by atoms with Gasteiger partial charge in [0.25, 0.3) is 5.56 Å². The van der Waals surface area contributed by atoms with Crippen LogP contribution in [0, 0.1) is 0 Å². The molecular formula is C28H37FIN4O12PS. The molecule has 1 aliphatic rings. The number of nitrogens with zero attached hydrogens (tertiary/aromatic N) is 2. The van der Waals surface area contributed by atoms with Crippen LogP contribution in [0.5, 0.6) is 5.75 Å². The number of para-hydroxylation sites is 1. The monoisotopic (exact) mass is 830 g/mol. The van der Waals surface area contributed by atoms with Gasteiger partial charge in [-0.15, -0.1) is 0 Å². The molecule has 1 fully saturated rings. The van der Waals surface area contributed by atoms with Crippen molar-refractivity contribution >= 4 is 60.8 Å². The van der Waals surface area contributed by atoms with Crippen LogP contribution in [0.3, 0.4) is 0 Å². The number of esters is 2. The van der Waals surface area contributed by atoms with E-state index in [0.29, 0.717) is 9.13 Å². The van der Waals surface area contributed by atoms with E-state index in [4.69, 9.17) is 23.3 Å². The minimum Gasteiger partial charge on any atom is -0.462 e. The Kier molecular flexibility index (Phi) is 13.8. The Morgan fingerprint density at radius 3 is 2.40 bits per heavy atom. The Bertz CT molecular complexity index is 1630. The summed E-state index contributed by atoms with van der Waals surface area (Å²) in [5.74, 6) is -2.20. The van der Waals surface area contributed by atoms with E-state index in [2.05, 4.69) is 23.0 Å². The van der Waals surface area contributed by atoms with Crippen molar-refractivity contribution in [1.82, 2.24) is 19.5 Å². The average Bonchev–Trinajstić information content (AvgIpc) is 3.22. The summed E-state index contributed by atoms with van der Waals surface area (Å²) in [5, 5.41) is 14.9. The summed E-state index contributed by atoms with van der Waals surface area (Å²) in [4.78, 5) is 62.4. The third-order valence-electron chi connectivity index (χ3n) is 6.66. The van der Waals surface area contributed by atoms with Gasteiger partial charge in [-0.1, -0.05) is 18.2 Å². The first-order valence-electron chi connectivity index (χ1n) is 14.5. The predicted octanol–water partition coefficient (Wildman–Crippen LogP) is 2.00. The molecule has 266 valence electrons. The van der Waals surface area contributed by atoms with E-state index in [9.17, 15) is 33.6 Å². The zero-order chi connectivity index (χ0) is 36.0. The van der Waals surface area contributed by atoms with Gasteiger partial charge in [-0.05, 0) is 69.3 Å². The number of benzene rings is 1. The normalized spacial score (nSPS) is 23.8. The van der Waals surface area contributed by atoms with Crippen LogP contribution in [0.4, 0.5) is 4.39 Å². The standard InChI is InChI=1S/C28H37FIN4O12PS/c1-15(2)43-24(39)16(3)32-47(41,46-18-9-7-6-8-10-18)42-14-19-22(37)28(5,29)25(44-19)33-12-11-20(35)34(27(33)40)26(30)45-21(36)13-31-23(38)17(4)48/h6-12,15-17,19,22,25-26,37,48H,13-14H2,1-5H3,(H,31,38)(H,32,41)/t16-,17?,19+,22+,25+,26?,28+,47-/m0/s1. The Balaban J connectivity index is 1.82. The summed E-state index contributed by atoms with van der Waals surface area (Å²) in [5.41, 5.74) is -4.76. The molecule has 2 aromatic rings. The molecule has 0 radical (unpaired) electrons. The molecule has 1 amide bonds. The number of amides is 1. The van der Waals surface area contributed by atoms with Crippen LogP contribution in [0.25, 0.3) is 0 Å². The van der Waals surface area contributed by atoms with E-state index >= 15 is 4.39 Å². The fourth-order valence-corrected chi connectivity index (χ4v) is 6.63. The van der Waals surface area contributed by atoms with E-state index in [0.717, 1.165) is 19.2 Å². The lowest BCUT2D eigenvalue weighted by molar-refractivity contribution is -0.149. The average molecular weight is 831 g/mol. The molecule has 3 N–H and O–H groups in total. The van der Waals surface area contributed by atoms with Crippen LogP contribution in [0.15, 0.2) is 52.2 Å². The quantitative estimate of drug-likeness (QED) is 0.0669. The first kappa shape index (κ1) is 39.6. The maximum absolute atomic E-state index is 16.1. The van der Waals surface area contributed by atoms with E-state index in [-0.39, 0.29) is 5.75 Å². The van der Waals surface area contributed by atoms with E-state index in [1.807, 2.05) is 0 Å². The molecule has 0 spiro atoms. The van der Waals surface area contributed by atoms with Crippen molar-refractivity contribution in [3.8, 4) is 5.75 Å². The highest BCUT2D eigenvalue weighted by molar-refractivity contribution is 14.1. The van der Waals surface area contributed by atoms with Crippen LogP contribution in [-0.4, -0.2) is 80.5 Å². The Morgan fingerprint density at radius 2 is 1.79 bits per heavy atom. The molecule has 48 heavy (non-hydrogen) atoms. The second-order valence-electron chi connectivity index (χ2n) is 11.0. The molecule has 8 atom stereocenters. The fraction of sp³-hybridized carbons (Fsp3) is 0.536. The number of hydrogen-bond donors (Lipinski definition) is 4. The molecule has 3 rings (SSSR count). The molecule has 0 bridgehead atoms. The molecule has 1 aromatic carbocycles. The van der Waals surface area contributed by atoms with Crippen LogP contribution in [0.1, 0.15) is 45.1 Å². The number of halogens is 2. The maximum Gasteiger partial charge on any atom is 0.459 e. The van der Waals surface area contributed by atoms with E-state index in [1.54, 1.807) is 32.0 Å². The van der Waals surface area contributed by atoms with Gasteiger partial charge in [-0.25, -0.2) is 18.3 Å². The predicted molar refractivity (Wildman–Crippen MR) is 179 cm³/mol. The van der Waals surface area contributed by atoms with Gasteiger partial charge in [0.1, 0.15) is 30.5 Å². The minimum atomic E-state index is -4.43. The Morgan fingerprint density at radius 1 is 1.15 bits per heavy atom. The summed E-state index contributed by atoms with van der Waals surface area (Å²) in [6.07, 6.45) is -4.89. The highest BCUT2D eigenvalue weighted by Crippen LogP contribution is 2.47. The first-order valence-corrected chi connectivity index (χ1v) is 17.8. The third-order valence-corrected chi connectivity index (χ3v) is 9.35. The molecule has 0 aliphatic carbocycles. The highest BCUT2D eigenvalue weighted by atomic mass is 127. The molecule has 16 nitrogen and oxygen atoms in total. The fourth-order valence-electron chi connectivity index (χ4n) is 4.24. The van der Waals surface area contributed by atoms with Crippen molar-refractivity contribution in [3.05, 3.63) is 63.4 Å². The number of ether oxygens (including phenoxy) is 3. The van der Waals surface area contributed by atoms with Crippen LogP contribution < -0.4 is 26.2 Å². The summed E-state index contributed by atoms with van der Waals surface area (Å²) in [6.45, 7) is 5.71. The van der Waals surface area contributed by atoms with Gasteiger partial charge < -0.3 is 29.2 Å². The first-order chi connectivity index (χ1) is 22.4. The number of nitrogens with one attached hydrogen (secondary N) is 2. The lowest BCUT2D eigenvalue weighted by atomic mass is 9.98. The van der Waals surface area contributed by atoms with Crippen molar-refractivity contribution < 1.29 is 51.7 Å². The van der Waals surface area contributed by atoms with Gasteiger partial charge >= 0.3 is 25.4 Å². The number of alkyl halides is 2. The summed E-state index contributed by atoms with van der Waals surface area (Å²) >= 11 is 5.43. The lowest BCUT2D eigenvalue weighted by Gasteiger charge is -2.26. The number of rotatable bonds is 15. The third kappa shape index (κ3) is 10.1. The summed E-state index contributed by atoms with van der Waals surface area (Å²) in [6, 6.07) is 7.53. The van der Waals surface area contributed by atoms with Gasteiger partial charge in [0.15, 0.2) is 11.9 Å². The lowest BCUT2D eigenvalue weighted by Crippen LogP contribution is -2.47. The van der Waals surface area contributed by atoms with Gasteiger partial charge in [0.05, 0.1) is 18.0 Å². The van der Waals surface area contributed by atoms with Crippen molar-refractivity contribution in [2.75, 3.05) is 13.2 Å². The van der Waals surface area contributed by atoms with Gasteiger partial charge in [-0.3, -0.25) is 28.3 Å². The second kappa shape index (κ2) is 16.7. The summed E-state index contributed by atoms with van der Waals surface area (Å²) in [7, 11) is -4.43. The number of carbonyl (C=O) groups is 3. The molecule has 1 saturated heterocycles. The highest BCUT2D eigenvalue weighted by Gasteiger charge is 2.56. The number of thiol groups is 1. The van der Waals surface area contributed by atoms with E-state index < -0.39 is 95.7 Å². The van der Waals surface area contributed by atoms with Crippen molar-refractivity contribution in [2.24, 2.45) is 0 Å². The number of aromatic nitrogens is 2. The second-order valence-corrected chi connectivity index (χ2v) is 14.6. The molecule has 20 heteroatoms. The number of hydrogen-bond acceptors (Lipinski definition) is 13. The molecule has 0 saturated carbocycles. The Hall–Kier alpha value is -2.81. The van der Waals surface area contributed by atoms with Crippen LogP contribution in [-0.2, 0) is 37.7 Å². The van der Waals surface area contributed by atoms with Gasteiger partial charge in [-0.2, -0.15) is 17.7 Å². The SMILES string of the molecule is CC(C)OC(=O)[C@H](C)N[P@](=O)(OC[C@H]1O[C@@H](n2ccc(=O)n(C(I)OC(=O)CNC(=O)C(C)S)c2=O)[C@](C)(F)[C@@H]1O)Oc1ccccc1. The zero-order valence-corrected chi connectivity index (χ0v) is 30.4. The van der Waals surface area contributed by atoms with Gasteiger partial charge in [0.2, 0.25) is 10.1 Å². The molecule has 1 aliphatic heterocycles. The molecule has 2 heterocycles. The minimum absolute atomic E-state index is 0.0976.